The summed E-state index contributed by atoms with van der Waals surface area (Å²) >= 11 is 1.80. The van der Waals surface area contributed by atoms with E-state index in [2.05, 4.69) is 51.4 Å². The van der Waals surface area contributed by atoms with Gasteiger partial charge in [0.25, 0.3) is 0 Å². The van der Waals surface area contributed by atoms with Crippen molar-refractivity contribution in [2.75, 3.05) is 7.05 Å². The standard InChI is InChI=1S/C15H17N3S/c1-11-12(7-8-19-11)14(16-2)9-18-10-17-13-5-3-4-6-15(13)18/h3-8,10,14,16H,9H2,1-2H3. The fourth-order valence-electron chi connectivity index (χ4n) is 2.45. The Labute approximate surface area is 116 Å². The molecule has 0 saturated heterocycles. The van der Waals surface area contributed by atoms with E-state index in [0.29, 0.717) is 6.04 Å². The molecular weight excluding hydrogens is 254 g/mol. The Morgan fingerprint density at radius 3 is 2.89 bits per heavy atom. The van der Waals surface area contributed by atoms with Gasteiger partial charge in [-0.15, -0.1) is 11.3 Å². The summed E-state index contributed by atoms with van der Waals surface area (Å²) in [4.78, 5) is 5.83. The highest BCUT2D eigenvalue weighted by atomic mass is 32.1. The number of thiophene rings is 1. The van der Waals surface area contributed by atoms with Gasteiger partial charge < -0.3 is 9.88 Å². The van der Waals surface area contributed by atoms with E-state index in [4.69, 9.17) is 0 Å². The van der Waals surface area contributed by atoms with Crippen LogP contribution in [0, 0.1) is 6.92 Å². The maximum absolute atomic E-state index is 4.45. The minimum atomic E-state index is 0.323. The Morgan fingerprint density at radius 2 is 2.16 bits per heavy atom. The molecule has 0 spiro atoms. The third kappa shape index (κ3) is 2.29. The Kier molecular flexibility index (Phi) is 3.36. The van der Waals surface area contributed by atoms with Gasteiger partial charge in [-0.1, -0.05) is 12.1 Å². The smallest absolute Gasteiger partial charge is 0.0958 e. The number of nitrogens with zero attached hydrogens (tertiary/aromatic N) is 2. The van der Waals surface area contributed by atoms with Crippen LogP contribution in [0.5, 0.6) is 0 Å². The number of nitrogens with one attached hydrogen (secondary N) is 1. The molecule has 1 aromatic carbocycles. The number of fused-ring (bicyclic) bond motifs is 1. The molecule has 1 N–H and O–H groups in total. The van der Waals surface area contributed by atoms with Crippen molar-refractivity contribution in [1.82, 2.24) is 14.9 Å². The van der Waals surface area contributed by atoms with E-state index >= 15 is 0 Å². The van der Waals surface area contributed by atoms with Crippen molar-refractivity contribution in [2.45, 2.75) is 19.5 Å². The maximum atomic E-state index is 4.45. The molecule has 0 saturated carbocycles. The minimum absolute atomic E-state index is 0.323. The van der Waals surface area contributed by atoms with Crippen molar-refractivity contribution < 1.29 is 0 Å². The van der Waals surface area contributed by atoms with Gasteiger partial charge in [0.15, 0.2) is 0 Å². The summed E-state index contributed by atoms with van der Waals surface area (Å²) in [6.07, 6.45) is 1.93. The fourth-order valence-corrected chi connectivity index (χ4v) is 3.22. The van der Waals surface area contributed by atoms with E-state index in [-0.39, 0.29) is 0 Å². The van der Waals surface area contributed by atoms with Crippen LogP contribution < -0.4 is 5.32 Å². The average Bonchev–Trinajstić information content (AvgIpc) is 3.03. The minimum Gasteiger partial charge on any atom is -0.329 e. The highest BCUT2D eigenvalue weighted by molar-refractivity contribution is 7.10. The van der Waals surface area contributed by atoms with Crippen molar-refractivity contribution in [3.8, 4) is 0 Å². The molecule has 1 unspecified atom stereocenters. The first-order valence-corrected chi connectivity index (χ1v) is 7.28. The van der Waals surface area contributed by atoms with Gasteiger partial charge in [0.05, 0.1) is 23.4 Å². The highest BCUT2D eigenvalue weighted by Gasteiger charge is 2.14. The fraction of sp³-hybridized carbons (Fsp3) is 0.267. The Bertz CT molecular complexity index is 683. The number of likely N-dealkylation sites (N-methyl/N-ethyl adjacent to an activating group) is 1. The van der Waals surface area contributed by atoms with Crippen molar-refractivity contribution >= 4 is 22.4 Å². The molecule has 0 bridgehead atoms. The van der Waals surface area contributed by atoms with E-state index in [0.717, 1.165) is 12.1 Å². The molecule has 0 aliphatic rings. The van der Waals surface area contributed by atoms with Crippen LogP contribution in [0.3, 0.4) is 0 Å². The molecule has 0 amide bonds. The molecule has 3 nitrogen and oxygen atoms in total. The van der Waals surface area contributed by atoms with Crippen LogP contribution in [0.15, 0.2) is 42.0 Å². The molecule has 98 valence electrons. The predicted molar refractivity (Wildman–Crippen MR) is 80.6 cm³/mol. The number of para-hydroxylation sites is 2. The molecule has 0 fully saturated rings. The average molecular weight is 271 g/mol. The first kappa shape index (κ1) is 12.4. The SMILES string of the molecule is CNC(Cn1cnc2ccccc21)c1ccsc1C. The first-order valence-electron chi connectivity index (χ1n) is 6.40. The van der Waals surface area contributed by atoms with Crippen LogP contribution in [0.2, 0.25) is 0 Å². The van der Waals surface area contributed by atoms with Gasteiger partial charge >= 0.3 is 0 Å². The quantitative estimate of drug-likeness (QED) is 0.788. The maximum Gasteiger partial charge on any atom is 0.0958 e. The zero-order valence-corrected chi connectivity index (χ0v) is 11.9. The second-order valence-corrected chi connectivity index (χ2v) is 5.78. The Balaban J connectivity index is 1.93. The lowest BCUT2D eigenvalue weighted by molar-refractivity contribution is 0.507. The lowest BCUT2D eigenvalue weighted by Gasteiger charge is -2.17. The molecule has 3 aromatic rings. The van der Waals surface area contributed by atoms with E-state index in [1.165, 1.54) is 16.0 Å². The second kappa shape index (κ2) is 5.15. The summed E-state index contributed by atoms with van der Waals surface area (Å²) in [6.45, 7) is 3.07. The second-order valence-electron chi connectivity index (χ2n) is 4.66. The third-order valence-electron chi connectivity index (χ3n) is 3.53. The van der Waals surface area contributed by atoms with E-state index in [1.807, 2.05) is 19.4 Å². The molecule has 0 aliphatic heterocycles. The van der Waals surface area contributed by atoms with E-state index in [1.54, 1.807) is 11.3 Å². The Morgan fingerprint density at radius 1 is 1.32 bits per heavy atom. The van der Waals surface area contributed by atoms with Gasteiger partial charge in [0, 0.05) is 11.4 Å². The molecule has 3 rings (SSSR count). The largest absolute Gasteiger partial charge is 0.329 e. The number of aryl methyl sites for hydroxylation is 1. The van der Waals surface area contributed by atoms with Crippen LogP contribution >= 0.6 is 11.3 Å². The van der Waals surface area contributed by atoms with E-state index < -0.39 is 0 Å². The van der Waals surface area contributed by atoms with Crippen molar-refractivity contribution in [2.24, 2.45) is 0 Å². The number of imidazole rings is 1. The molecule has 2 heterocycles. The molecule has 2 aromatic heterocycles. The van der Waals surface area contributed by atoms with Crippen LogP contribution in [0.4, 0.5) is 0 Å². The first-order chi connectivity index (χ1) is 9.29. The number of hydrogen-bond acceptors (Lipinski definition) is 3. The summed E-state index contributed by atoms with van der Waals surface area (Å²) in [7, 11) is 2.01. The summed E-state index contributed by atoms with van der Waals surface area (Å²) in [5.74, 6) is 0. The molecule has 19 heavy (non-hydrogen) atoms. The third-order valence-corrected chi connectivity index (χ3v) is 4.39. The number of aromatic nitrogens is 2. The van der Waals surface area contributed by atoms with Crippen molar-refractivity contribution in [3.63, 3.8) is 0 Å². The topological polar surface area (TPSA) is 29.9 Å². The lowest BCUT2D eigenvalue weighted by Crippen LogP contribution is -2.21. The van der Waals surface area contributed by atoms with Crippen LogP contribution in [-0.4, -0.2) is 16.6 Å². The molecule has 4 heteroatoms. The van der Waals surface area contributed by atoms with Gasteiger partial charge in [-0.2, -0.15) is 0 Å². The molecular formula is C15H17N3S. The molecule has 1 atom stereocenters. The van der Waals surface area contributed by atoms with E-state index in [9.17, 15) is 0 Å². The zero-order valence-electron chi connectivity index (χ0n) is 11.1. The van der Waals surface area contributed by atoms with Gasteiger partial charge in [-0.25, -0.2) is 4.98 Å². The van der Waals surface area contributed by atoms with Crippen LogP contribution in [0.25, 0.3) is 11.0 Å². The number of rotatable bonds is 4. The summed E-state index contributed by atoms with van der Waals surface area (Å²) in [6, 6.07) is 10.8. The number of benzene rings is 1. The van der Waals surface area contributed by atoms with Crippen molar-refractivity contribution in [1.29, 1.82) is 0 Å². The van der Waals surface area contributed by atoms with Gasteiger partial charge in [0.1, 0.15) is 0 Å². The summed E-state index contributed by atoms with van der Waals surface area (Å²) in [5, 5.41) is 5.56. The summed E-state index contributed by atoms with van der Waals surface area (Å²) < 4.78 is 2.22. The molecule has 0 radical (unpaired) electrons. The highest BCUT2D eigenvalue weighted by Crippen LogP contribution is 2.25. The molecule has 0 aliphatic carbocycles. The predicted octanol–water partition coefficient (Wildman–Crippen LogP) is 3.37. The van der Waals surface area contributed by atoms with Gasteiger partial charge in [0.2, 0.25) is 0 Å². The lowest BCUT2D eigenvalue weighted by atomic mass is 10.1. The zero-order chi connectivity index (χ0) is 13.2. The summed E-state index contributed by atoms with van der Waals surface area (Å²) in [5.41, 5.74) is 3.63. The van der Waals surface area contributed by atoms with Crippen LogP contribution in [0.1, 0.15) is 16.5 Å². The van der Waals surface area contributed by atoms with Crippen molar-refractivity contribution in [3.05, 3.63) is 52.5 Å². The Hall–Kier alpha value is -1.65. The van der Waals surface area contributed by atoms with Gasteiger partial charge in [-0.05, 0) is 43.1 Å². The van der Waals surface area contributed by atoms with Crippen LogP contribution in [-0.2, 0) is 6.54 Å². The normalized spacial score (nSPS) is 12.9. The monoisotopic (exact) mass is 271 g/mol. The number of hydrogen-bond donors (Lipinski definition) is 1. The van der Waals surface area contributed by atoms with Gasteiger partial charge in [-0.3, -0.25) is 0 Å².